The molecule has 0 saturated heterocycles. The number of thiophene rings is 1. The third kappa shape index (κ3) is 6.07. The number of anilines is 1. The van der Waals surface area contributed by atoms with E-state index in [9.17, 15) is 23.4 Å². The fourth-order valence-electron chi connectivity index (χ4n) is 5.23. The van der Waals surface area contributed by atoms with Gasteiger partial charge in [0.05, 0.1) is 35.2 Å². The van der Waals surface area contributed by atoms with Crippen molar-refractivity contribution in [2.45, 2.75) is 44.1 Å². The molecule has 6 N–H and O–H groups in total. The highest BCUT2D eigenvalue weighted by Crippen LogP contribution is 2.37. The van der Waals surface area contributed by atoms with E-state index in [1.54, 1.807) is 0 Å². The van der Waals surface area contributed by atoms with Crippen LogP contribution in [0, 0.1) is 12.8 Å². The van der Waals surface area contributed by atoms with Crippen LogP contribution in [0.15, 0.2) is 41.3 Å². The summed E-state index contributed by atoms with van der Waals surface area (Å²) < 4.78 is 27.9. The van der Waals surface area contributed by atoms with Gasteiger partial charge in [0.1, 0.15) is 18.2 Å². The van der Waals surface area contributed by atoms with Crippen molar-refractivity contribution in [2.24, 2.45) is 11.1 Å². The van der Waals surface area contributed by atoms with Gasteiger partial charge in [-0.25, -0.2) is 15.1 Å². The molecule has 5 atom stereocenters. The van der Waals surface area contributed by atoms with Crippen molar-refractivity contribution in [3.05, 3.63) is 73.3 Å². The average molecular weight is 639 g/mol. The van der Waals surface area contributed by atoms with E-state index in [1.807, 2.05) is 19.1 Å². The molecule has 0 spiro atoms. The summed E-state index contributed by atoms with van der Waals surface area (Å²) >= 11 is 4.96. The smallest absolute Gasteiger partial charge is 0.333 e. The van der Waals surface area contributed by atoms with Gasteiger partial charge in [-0.05, 0) is 54.7 Å². The second kappa shape index (κ2) is 11.3. The van der Waals surface area contributed by atoms with Gasteiger partial charge < -0.3 is 20.8 Å². The Bertz CT molecular complexity index is 1500. The number of nitrogens with two attached hydrogens (primary N) is 1. The van der Waals surface area contributed by atoms with E-state index >= 15 is 0 Å². The SMILES string of the molecule is Cc1sc(C(=O)c2cncnc2N[C@@H]2C[C@H](COS(N)(=O)=O)[C@@H](O)[C@H]2O)cc1[C@@H]1NCCc2ccc(Br)cc21. The zero-order chi connectivity index (χ0) is 27.9. The van der Waals surface area contributed by atoms with E-state index < -0.39 is 34.5 Å². The molecular weight excluding hydrogens is 610 g/mol. The zero-order valence-electron chi connectivity index (χ0n) is 20.9. The monoisotopic (exact) mass is 637 g/mol. The number of benzene rings is 1. The molecule has 0 radical (unpaired) electrons. The van der Waals surface area contributed by atoms with Crippen LogP contribution in [0.25, 0.3) is 0 Å². The first kappa shape index (κ1) is 28.2. The van der Waals surface area contributed by atoms with Crippen LogP contribution in [0.5, 0.6) is 0 Å². The lowest BCUT2D eigenvalue weighted by atomic mass is 9.90. The summed E-state index contributed by atoms with van der Waals surface area (Å²) in [5.74, 6) is -0.757. The van der Waals surface area contributed by atoms with Crippen LogP contribution < -0.4 is 15.8 Å². The summed E-state index contributed by atoms with van der Waals surface area (Å²) in [6, 6.07) is 7.43. The number of nitrogens with one attached hydrogen (secondary N) is 2. The van der Waals surface area contributed by atoms with E-state index in [0.29, 0.717) is 4.88 Å². The number of aryl methyl sites for hydroxylation is 1. The highest BCUT2D eigenvalue weighted by Gasteiger charge is 2.42. The minimum atomic E-state index is -4.19. The Balaban J connectivity index is 1.37. The van der Waals surface area contributed by atoms with E-state index in [-0.39, 0.29) is 36.2 Å². The molecule has 3 heterocycles. The quantitative estimate of drug-likeness (QED) is 0.229. The number of ketones is 1. The molecule has 5 rings (SSSR count). The van der Waals surface area contributed by atoms with Crippen LogP contribution in [-0.2, 0) is 20.9 Å². The first-order chi connectivity index (χ1) is 18.5. The third-order valence-corrected chi connectivity index (χ3v) is 9.20. The highest BCUT2D eigenvalue weighted by atomic mass is 79.9. The summed E-state index contributed by atoms with van der Waals surface area (Å²) in [4.78, 5) is 23.5. The Morgan fingerprint density at radius 2 is 2.08 bits per heavy atom. The number of halogens is 1. The summed E-state index contributed by atoms with van der Waals surface area (Å²) in [6.07, 6.45) is 1.30. The molecule has 1 aromatic carbocycles. The van der Waals surface area contributed by atoms with Gasteiger partial charge in [-0.3, -0.25) is 8.98 Å². The third-order valence-electron chi connectivity index (χ3n) is 7.18. The van der Waals surface area contributed by atoms with Crippen molar-refractivity contribution in [3.8, 4) is 0 Å². The molecule has 0 unspecified atom stereocenters. The standard InChI is InChI=1S/C25H28BrN5O6S2/c1-12-16(21-17-7-15(26)3-2-13(17)4-5-29-21)8-20(38-12)23(33)18-9-28-11-30-25(18)31-19-6-14(22(32)24(19)34)10-37-39(27,35)36/h2-3,7-9,11,14,19,21-22,24,29,32,34H,4-6,10H2,1H3,(H2,27,35,36)(H,28,30,31)/t14-,19-,21+,22-,24+/m1/s1. The summed E-state index contributed by atoms with van der Waals surface area (Å²) in [6.45, 7) is 2.44. The van der Waals surface area contributed by atoms with E-state index in [0.717, 1.165) is 27.9 Å². The predicted octanol–water partition coefficient (Wildman–Crippen LogP) is 1.82. The number of aliphatic hydroxyl groups is 2. The van der Waals surface area contributed by atoms with Crippen molar-refractivity contribution >= 4 is 49.2 Å². The molecular formula is C25H28BrN5O6S2. The molecule has 3 aromatic rings. The lowest BCUT2D eigenvalue weighted by molar-refractivity contribution is 0.00778. The normalized spacial score (nSPS) is 24.9. The first-order valence-corrected chi connectivity index (χ1v) is 15.4. The van der Waals surface area contributed by atoms with Crippen LogP contribution in [-0.4, -0.2) is 65.8 Å². The Morgan fingerprint density at radius 3 is 2.85 bits per heavy atom. The van der Waals surface area contributed by atoms with Crippen molar-refractivity contribution in [1.82, 2.24) is 15.3 Å². The van der Waals surface area contributed by atoms with Crippen LogP contribution in [0.4, 0.5) is 5.82 Å². The summed E-state index contributed by atoms with van der Waals surface area (Å²) in [5.41, 5.74) is 3.70. The lowest BCUT2D eigenvalue weighted by Gasteiger charge is -2.27. The number of fused-ring (bicyclic) bond motifs is 1. The van der Waals surface area contributed by atoms with Crippen LogP contribution in [0.3, 0.4) is 0 Å². The van der Waals surface area contributed by atoms with Gasteiger partial charge in [0.2, 0.25) is 5.78 Å². The Labute approximate surface area is 238 Å². The predicted molar refractivity (Wildman–Crippen MR) is 149 cm³/mol. The van der Waals surface area contributed by atoms with Crippen LogP contribution in [0.1, 0.15) is 49.3 Å². The van der Waals surface area contributed by atoms with Gasteiger partial charge in [0, 0.05) is 28.0 Å². The van der Waals surface area contributed by atoms with Crippen molar-refractivity contribution in [2.75, 3.05) is 18.5 Å². The minimum absolute atomic E-state index is 0.0414. The van der Waals surface area contributed by atoms with E-state index in [1.165, 1.54) is 35.0 Å². The fraction of sp³-hybridized carbons (Fsp3) is 0.400. The highest BCUT2D eigenvalue weighted by molar-refractivity contribution is 9.10. The second-order valence-electron chi connectivity index (χ2n) is 9.72. The van der Waals surface area contributed by atoms with Crippen LogP contribution >= 0.6 is 27.3 Å². The van der Waals surface area contributed by atoms with E-state index in [2.05, 4.69) is 52.8 Å². The van der Waals surface area contributed by atoms with Gasteiger partial charge >= 0.3 is 10.3 Å². The Kier molecular flexibility index (Phi) is 8.18. The zero-order valence-corrected chi connectivity index (χ0v) is 24.1. The molecule has 2 aromatic heterocycles. The van der Waals surface area contributed by atoms with Crippen molar-refractivity contribution in [3.63, 3.8) is 0 Å². The number of nitrogens with zero attached hydrogens (tertiary/aromatic N) is 2. The maximum atomic E-state index is 13.7. The molecule has 1 saturated carbocycles. The molecule has 11 nitrogen and oxygen atoms in total. The minimum Gasteiger partial charge on any atom is -0.390 e. The molecule has 39 heavy (non-hydrogen) atoms. The molecule has 208 valence electrons. The van der Waals surface area contributed by atoms with Gasteiger partial charge in [-0.15, -0.1) is 11.3 Å². The lowest BCUT2D eigenvalue weighted by Crippen LogP contribution is -2.36. The largest absolute Gasteiger partial charge is 0.390 e. The Hall–Kier alpha value is -2.30. The molecule has 14 heteroatoms. The molecule has 0 amide bonds. The number of aromatic nitrogens is 2. The number of hydrogen-bond donors (Lipinski definition) is 5. The molecule has 0 bridgehead atoms. The van der Waals surface area contributed by atoms with Crippen molar-refractivity contribution < 1.29 is 27.6 Å². The summed E-state index contributed by atoms with van der Waals surface area (Å²) in [5, 5.41) is 32.4. The van der Waals surface area contributed by atoms with Crippen molar-refractivity contribution in [1.29, 1.82) is 0 Å². The molecule has 1 fully saturated rings. The van der Waals surface area contributed by atoms with Gasteiger partial charge in [-0.1, -0.05) is 22.0 Å². The topological polar surface area (TPSA) is 177 Å². The maximum Gasteiger partial charge on any atom is 0.333 e. The van der Waals surface area contributed by atoms with E-state index in [4.69, 9.17) is 5.14 Å². The van der Waals surface area contributed by atoms with Crippen LogP contribution in [0.2, 0.25) is 0 Å². The van der Waals surface area contributed by atoms with Gasteiger partial charge in [0.25, 0.3) is 0 Å². The number of hydrogen-bond acceptors (Lipinski definition) is 11. The Morgan fingerprint density at radius 1 is 1.28 bits per heavy atom. The number of carbonyl (C=O) groups is 1. The average Bonchev–Trinajstić information content (AvgIpc) is 3.41. The number of rotatable bonds is 8. The fourth-order valence-corrected chi connectivity index (χ4v) is 6.99. The maximum absolute atomic E-state index is 13.7. The molecule has 1 aliphatic carbocycles. The summed E-state index contributed by atoms with van der Waals surface area (Å²) in [7, 11) is -4.19. The second-order valence-corrected chi connectivity index (χ2v) is 13.1. The molecule has 2 aliphatic rings. The van der Waals surface area contributed by atoms with Gasteiger partial charge in [0.15, 0.2) is 0 Å². The first-order valence-electron chi connectivity index (χ1n) is 12.3. The number of carbonyl (C=O) groups excluding carboxylic acids is 1. The van der Waals surface area contributed by atoms with Gasteiger partial charge in [-0.2, -0.15) is 8.42 Å². The molecule has 1 aliphatic heterocycles. The number of aliphatic hydroxyl groups excluding tert-OH is 2.